The lowest BCUT2D eigenvalue weighted by Gasteiger charge is -2.25. The van der Waals surface area contributed by atoms with E-state index in [-0.39, 0.29) is 10.0 Å². The fraction of sp³-hybridized carbons (Fsp3) is 0.148. The Kier molecular flexibility index (Phi) is 7.75. The minimum absolute atomic E-state index is 0.0852. The number of amides is 1. The van der Waals surface area contributed by atoms with Crippen LogP contribution in [-0.4, -0.2) is 36.9 Å². The lowest BCUT2D eigenvalue weighted by Crippen LogP contribution is -2.40. The molecule has 0 unspecified atom stereocenters. The van der Waals surface area contributed by atoms with E-state index in [0.29, 0.717) is 11.3 Å². The molecule has 190 valence electrons. The van der Waals surface area contributed by atoms with Crippen LogP contribution in [0.4, 0.5) is 5.69 Å². The van der Waals surface area contributed by atoms with Gasteiger partial charge in [0.2, 0.25) is 0 Å². The third-order valence-electron chi connectivity index (χ3n) is 5.74. The fourth-order valence-electron chi connectivity index (χ4n) is 3.89. The van der Waals surface area contributed by atoms with Crippen molar-refractivity contribution in [1.29, 1.82) is 0 Å². The zero-order valence-electron chi connectivity index (χ0n) is 20.6. The normalized spacial score (nSPS) is 11.6. The predicted molar refractivity (Wildman–Crippen MR) is 146 cm³/mol. The topological polar surface area (TPSA) is 96.7 Å². The molecule has 10 heteroatoms. The van der Waals surface area contributed by atoms with Crippen LogP contribution in [0.2, 0.25) is 5.15 Å². The Morgan fingerprint density at radius 3 is 2.32 bits per heavy atom. The molecule has 4 aromatic rings. The number of halogens is 1. The van der Waals surface area contributed by atoms with E-state index in [1.165, 1.54) is 18.3 Å². The summed E-state index contributed by atoms with van der Waals surface area (Å²) in [5, 5.41) is 8.59. The summed E-state index contributed by atoms with van der Waals surface area (Å²) in [6, 6.07) is 22.9. The molecule has 0 aliphatic carbocycles. The number of benzene rings is 3. The zero-order valence-corrected chi connectivity index (χ0v) is 22.2. The third kappa shape index (κ3) is 5.73. The molecule has 1 heterocycles. The number of para-hydroxylation sites is 1. The second-order valence-corrected chi connectivity index (χ2v) is 10.7. The van der Waals surface area contributed by atoms with Crippen molar-refractivity contribution < 1.29 is 13.2 Å². The molecule has 0 atom stereocenters. The molecular formula is C27H26ClN5O3S. The number of anilines is 1. The van der Waals surface area contributed by atoms with Gasteiger partial charge >= 0.3 is 0 Å². The molecule has 0 fully saturated rings. The van der Waals surface area contributed by atoms with Crippen molar-refractivity contribution in [1.82, 2.24) is 15.2 Å². The Bertz CT molecular complexity index is 1550. The largest absolute Gasteiger partial charge is 0.271 e. The van der Waals surface area contributed by atoms with E-state index in [9.17, 15) is 13.2 Å². The number of nitrogens with one attached hydrogen (secondary N) is 1. The molecule has 1 amide bonds. The number of hydrogen-bond donors (Lipinski definition) is 1. The second-order valence-electron chi connectivity index (χ2n) is 8.45. The number of carbonyl (C=O) groups is 1. The molecule has 3 aromatic carbocycles. The first kappa shape index (κ1) is 26.1. The average molecular weight is 536 g/mol. The molecule has 4 rings (SSSR count). The van der Waals surface area contributed by atoms with E-state index in [0.717, 1.165) is 26.8 Å². The summed E-state index contributed by atoms with van der Waals surface area (Å²) < 4.78 is 29.8. The number of hydrogen-bond acceptors (Lipinski definition) is 5. The maximum absolute atomic E-state index is 13.5. The average Bonchev–Trinajstić information content (AvgIpc) is 3.17. The number of hydrazone groups is 1. The number of carbonyl (C=O) groups excluding carboxylic acids is 1. The van der Waals surface area contributed by atoms with Gasteiger partial charge in [-0.25, -0.2) is 18.5 Å². The summed E-state index contributed by atoms with van der Waals surface area (Å²) in [6.07, 6.45) is 1.40. The van der Waals surface area contributed by atoms with Crippen LogP contribution in [0.3, 0.4) is 0 Å². The van der Waals surface area contributed by atoms with Crippen molar-refractivity contribution in [3.8, 4) is 5.69 Å². The first-order valence-electron chi connectivity index (χ1n) is 11.5. The van der Waals surface area contributed by atoms with Gasteiger partial charge in [0, 0.05) is 0 Å². The smallest absolute Gasteiger partial charge is 0.264 e. The summed E-state index contributed by atoms with van der Waals surface area (Å²) in [7, 11) is -4.02. The summed E-state index contributed by atoms with van der Waals surface area (Å²) in [4.78, 5) is 13.0. The molecule has 0 spiro atoms. The highest BCUT2D eigenvalue weighted by molar-refractivity contribution is 7.92. The lowest BCUT2D eigenvalue weighted by atomic mass is 10.1. The van der Waals surface area contributed by atoms with E-state index in [1.807, 2.05) is 50.2 Å². The minimum Gasteiger partial charge on any atom is -0.271 e. The highest BCUT2D eigenvalue weighted by Gasteiger charge is 2.28. The first-order chi connectivity index (χ1) is 17.7. The number of aryl methyl sites for hydroxylation is 2. The molecule has 0 radical (unpaired) electrons. The maximum atomic E-state index is 13.5. The quantitative estimate of drug-likeness (QED) is 0.259. The fourth-order valence-corrected chi connectivity index (χ4v) is 5.65. The van der Waals surface area contributed by atoms with Crippen molar-refractivity contribution in [2.45, 2.75) is 25.7 Å². The highest BCUT2D eigenvalue weighted by atomic mass is 35.5. The lowest BCUT2D eigenvalue weighted by molar-refractivity contribution is -0.119. The van der Waals surface area contributed by atoms with Gasteiger partial charge in [0.05, 0.1) is 33.7 Å². The maximum Gasteiger partial charge on any atom is 0.264 e. The van der Waals surface area contributed by atoms with Gasteiger partial charge < -0.3 is 0 Å². The molecule has 1 aromatic heterocycles. The van der Waals surface area contributed by atoms with Crippen molar-refractivity contribution in [2.24, 2.45) is 5.10 Å². The van der Waals surface area contributed by atoms with Crippen molar-refractivity contribution >= 4 is 39.4 Å². The monoisotopic (exact) mass is 535 g/mol. The van der Waals surface area contributed by atoms with Crippen LogP contribution >= 0.6 is 11.6 Å². The molecule has 1 N–H and O–H groups in total. The van der Waals surface area contributed by atoms with E-state index in [2.05, 4.69) is 15.6 Å². The van der Waals surface area contributed by atoms with E-state index in [4.69, 9.17) is 11.6 Å². The summed E-state index contributed by atoms with van der Waals surface area (Å²) in [5.41, 5.74) is 6.65. The first-order valence-corrected chi connectivity index (χ1v) is 13.3. The molecular weight excluding hydrogens is 510 g/mol. The summed E-state index contributed by atoms with van der Waals surface area (Å²) >= 11 is 6.31. The Labute approximate surface area is 221 Å². The molecule has 0 bridgehead atoms. The number of aromatic nitrogens is 2. The van der Waals surface area contributed by atoms with Crippen LogP contribution < -0.4 is 9.73 Å². The van der Waals surface area contributed by atoms with Crippen LogP contribution in [0, 0.1) is 20.8 Å². The van der Waals surface area contributed by atoms with Gasteiger partial charge in [-0.3, -0.25) is 9.10 Å². The Morgan fingerprint density at radius 1 is 1.03 bits per heavy atom. The summed E-state index contributed by atoms with van der Waals surface area (Å²) in [5.74, 6) is -0.611. The Hall–Kier alpha value is -3.95. The van der Waals surface area contributed by atoms with E-state index >= 15 is 0 Å². The predicted octanol–water partition coefficient (Wildman–Crippen LogP) is 4.80. The van der Waals surface area contributed by atoms with Crippen LogP contribution in [-0.2, 0) is 14.8 Å². The van der Waals surface area contributed by atoms with Gasteiger partial charge in [-0.1, -0.05) is 65.7 Å². The van der Waals surface area contributed by atoms with Gasteiger partial charge in [-0.15, -0.1) is 0 Å². The third-order valence-corrected chi connectivity index (χ3v) is 7.79. The SMILES string of the molecule is Cc1ccc(N(CC(=O)N/N=C\c2c(Cl)nn(-c3ccccc3)c2C)S(=O)(=O)c2ccccc2)c(C)c1. The van der Waals surface area contributed by atoms with Crippen molar-refractivity contribution in [3.05, 3.63) is 106 Å². The Balaban J connectivity index is 1.57. The number of rotatable bonds is 8. The van der Waals surface area contributed by atoms with Gasteiger partial charge in [-0.2, -0.15) is 10.2 Å². The standard InChI is InChI=1S/C27H26ClN5O3S/c1-19-14-15-25(20(2)16-19)32(37(35,36)23-12-8-5-9-13-23)18-26(34)30-29-17-24-21(3)33(31-27(24)28)22-10-6-4-7-11-22/h4-17H,18H2,1-3H3,(H,30,34)/b29-17-. The van der Waals surface area contributed by atoms with Crippen molar-refractivity contribution in [3.63, 3.8) is 0 Å². The number of nitrogens with zero attached hydrogens (tertiary/aromatic N) is 4. The van der Waals surface area contributed by atoms with Crippen LogP contribution in [0.1, 0.15) is 22.4 Å². The highest BCUT2D eigenvalue weighted by Crippen LogP contribution is 2.27. The van der Waals surface area contributed by atoms with Gasteiger partial charge in [0.25, 0.3) is 15.9 Å². The Morgan fingerprint density at radius 2 is 1.68 bits per heavy atom. The molecule has 37 heavy (non-hydrogen) atoms. The molecule has 0 saturated heterocycles. The molecule has 0 aliphatic heterocycles. The van der Waals surface area contributed by atoms with Gasteiger partial charge in [0.1, 0.15) is 6.54 Å². The van der Waals surface area contributed by atoms with Crippen LogP contribution in [0.15, 0.2) is 88.9 Å². The van der Waals surface area contributed by atoms with E-state index < -0.39 is 22.5 Å². The zero-order chi connectivity index (χ0) is 26.6. The van der Waals surface area contributed by atoms with Gasteiger partial charge in [0.15, 0.2) is 5.15 Å². The van der Waals surface area contributed by atoms with E-state index in [1.54, 1.807) is 41.9 Å². The minimum atomic E-state index is -4.02. The second kappa shape index (κ2) is 11.0. The summed E-state index contributed by atoms with van der Waals surface area (Å²) in [6.45, 7) is 5.10. The van der Waals surface area contributed by atoms with Gasteiger partial charge in [-0.05, 0) is 56.7 Å². The molecule has 8 nitrogen and oxygen atoms in total. The van der Waals surface area contributed by atoms with Crippen LogP contribution in [0.5, 0.6) is 0 Å². The molecule has 0 saturated carbocycles. The van der Waals surface area contributed by atoms with Crippen LogP contribution in [0.25, 0.3) is 5.69 Å². The van der Waals surface area contributed by atoms with Crippen molar-refractivity contribution in [2.75, 3.05) is 10.8 Å². The number of sulfonamides is 1. The molecule has 0 aliphatic rings.